The lowest BCUT2D eigenvalue weighted by atomic mass is 10.2. The number of sulfone groups is 1. The van der Waals surface area contributed by atoms with Gasteiger partial charge in [0.15, 0.2) is 0 Å². The molecule has 0 aliphatic carbocycles. The van der Waals surface area contributed by atoms with Crippen molar-refractivity contribution in [2.45, 2.75) is 12.6 Å². The van der Waals surface area contributed by atoms with Crippen molar-refractivity contribution >= 4 is 20.6 Å². The number of hydrogen-bond acceptors (Lipinski definition) is 6. The Balaban J connectivity index is 2.36. The highest BCUT2D eigenvalue weighted by atomic mass is 32.2. The molecule has 0 spiro atoms. The minimum Gasteiger partial charge on any atom is -0.491 e. The normalized spacial score (nSPS) is 14.6. The highest BCUT2D eigenvalue weighted by Gasteiger charge is 2.13. The van der Waals surface area contributed by atoms with Crippen LogP contribution in [0.3, 0.4) is 0 Å². The molecule has 2 atom stereocenters. The van der Waals surface area contributed by atoms with E-state index in [9.17, 15) is 17.7 Å². The minimum absolute atomic E-state index is 0.00135. The van der Waals surface area contributed by atoms with Gasteiger partial charge < -0.3 is 15.6 Å². The molecule has 0 fully saturated rings. The predicted molar refractivity (Wildman–Crippen MR) is 83.4 cm³/mol. The second kappa shape index (κ2) is 8.47. The van der Waals surface area contributed by atoms with Gasteiger partial charge in [-0.3, -0.25) is 4.21 Å². The van der Waals surface area contributed by atoms with Gasteiger partial charge in [0.25, 0.3) is 0 Å². The van der Waals surface area contributed by atoms with Crippen molar-refractivity contribution < 1.29 is 22.5 Å². The zero-order chi connectivity index (χ0) is 15.9. The van der Waals surface area contributed by atoms with Gasteiger partial charge in [0.1, 0.15) is 22.2 Å². The van der Waals surface area contributed by atoms with Crippen LogP contribution in [0.1, 0.15) is 5.56 Å². The molecule has 0 radical (unpaired) electrons. The van der Waals surface area contributed by atoms with Crippen molar-refractivity contribution in [1.29, 1.82) is 0 Å². The Labute approximate surface area is 127 Å². The Morgan fingerprint density at radius 2 is 2.14 bits per heavy atom. The molecular weight excluding hydrogens is 314 g/mol. The summed E-state index contributed by atoms with van der Waals surface area (Å²) in [7, 11) is -4.53. The fraction of sp³-hybridized carbons (Fsp3) is 0.538. The number of hydrogen-bond donors (Lipinski definition) is 2. The summed E-state index contributed by atoms with van der Waals surface area (Å²) in [5.41, 5.74) is 6.43. The lowest BCUT2D eigenvalue weighted by Crippen LogP contribution is -2.26. The van der Waals surface area contributed by atoms with Crippen molar-refractivity contribution in [3.05, 3.63) is 29.8 Å². The highest BCUT2D eigenvalue weighted by molar-refractivity contribution is 7.92. The van der Waals surface area contributed by atoms with Crippen LogP contribution in [0, 0.1) is 0 Å². The molecule has 1 aromatic carbocycles. The SMILES string of the molecule is CS(=O)(=O)CCS(=O)CC(O)COc1cccc(CN)c1. The zero-order valence-electron chi connectivity index (χ0n) is 11.9. The van der Waals surface area contributed by atoms with Crippen molar-refractivity contribution in [1.82, 2.24) is 0 Å². The van der Waals surface area contributed by atoms with E-state index < -0.39 is 26.7 Å². The maximum Gasteiger partial charge on any atom is 0.148 e. The quantitative estimate of drug-likeness (QED) is 0.640. The van der Waals surface area contributed by atoms with E-state index in [0.29, 0.717) is 12.3 Å². The van der Waals surface area contributed by atoms with E-state index in [2.05, 4.69) is 0 Å². The third-order valence-corrected chi connectivity index (χ3v) is 5.26. The Bertz CT molecular complexity index is 574. The first-order chi connectivity index (χ1) is 9.80. The van der Waals surface area contributed by atoms with Crippen molar-refractivity contribution in [3.8, 4) is 5.75 Å². The summed E-state index contributed by atoms with van der Waals surface area (Å²) in [6.07, 6.45) is 0.181. The van der Waals surface area contributed by atoms with Crippen LogP contribution in [0.25, 0.3) is 0 Å². The van der Waals surface area contributed by atoms with E-state index in [0.717, 1.165) is 11.8 Å². The van der Waals surface area contributed by atoms with Gasteiger partial charge >= 0.3 is 0 Å². The van der Waals surface area contributed by atoms with Gasteiger partial charge in [-0.15, -0.1) is 0 Å². The highest BCUT2D eigenvalue weighted by Crippen LogP contribution is 2.13. The standard InChI is InChI=1S/C13H21NO5S2/c1-21(17,18)6-5-20(16)10-12(15)9-19-13-4-2-3-11(7-13)8-14/h2-4,7,12,15H,5-6,8-10,14H2,1H3. The molecule has 0 aromatic heterocycles. The Kier molecular flexibility index (Phi) is 7.30. The summed E-state index contributed by atoms with van der Waals surface area (Å²) in [5, 5.41) is 9.74. The van der Waals surface area contributed by atoms with E-state index in [1.54, 1.807) is 18.2 Å². The maximum atomic E-state index is 11.6. The summed E-state index contributed by atoms with van der Waals surface area (Å²) in [5.74, 6) is 0.454. The average Bonchev–Trinajstić information content (AvgIpc) is 2.42. The van der Waals surface area contributed by atoms with Crippen LogP contribution in [0.4, 0.5) is 0 Å². The molecule has 0 saturated carbocycles. The molecular formula is C13H21NO5S2. The van der Waals surface area contributed by atoms with Gasteiger partial charge in [-0.2, -0.15) is 0 Å². The minimum atomic E-state index is -3.14. The third kappa shape index (κ3) is 8.15. The number of nitrogens with two attached hydrogens (primary N) is 1. The van der Waals surface area contributed by atoms with Crippen molar-refractivity contribution in [2.75, 3.05) is 30.1 Å². The van der Waals surface area contributed by atoms with Crippen LogP contribution in [0.15, 0.2) is 24.3 Å². The third-order valence-electron chi connectivity index (χ3n) is 2.64. The fourth-order valence-corrected chi connectivity index (χ4v) is 4.19. The molecule has 0 heterocycles. The van der Waals surface area contributed by atoms with E-state index in [-0.39, 0.29) is 23.9 Å². The average molecular weight is 335 g/mol. The lowest BCUT2D eigenvalue weighted by molar-refractivity contribution is 0.125. The lowest BCUT2D eigenvalue weighted by Gasteiger charge is -2.12. The predicted octanol–water partition coefficient (Wildman–Crippen LogP) is -0.322. The zero-order valence-corrected chi connectivity index (χ0v) is 13.5. The molecule has 3 N–H and O–H groups in total. The molecule has 2 unspecified atom stereocenters. The van der Waals surface area contributed by atoms with Crippen LogP contribution < -0.4 is 10.5 Å². The molecule has 0 bridgehead atoms. The second-order valence-electron chi connectivity index (χ2n) is 4.76. The molecule has 120 valence electrons. The van der Waals surface area contributed by atoms with Crippen LogP contribution in [-0.4, -0.2) is 54.0 Å². The first-order valence-electron chi connectivity index (χ1n) is 6.42. The topological polar surface area (TPSA) is 107 Å². The number of aliphatic hydroxyl groups is 1. The van der Waals surface area contributed by atoms with Crippen molar-refractivity contribution in [2.24, 2.45) is 5.73 Å². The summed E-state index contributed by atoms with van der Waals surface area (Å²) in [4.78, 5) is 0. The number of aliphatic hydroxyl groups excluding tert-OH is 1. The van der Waals surface area contributed by atoms with Gasteiger partial charge in [-0.25, -0.2) is 8.42 Å². The van der Waals surface area contributed by atoms with E-state index >= 15 is 0 Å². The largest absolute Gasteiger partial charge is 0.491 e. The maximum absolute atomic E-state index is 11.6. The number of ether oxygens (including phenoxy) is 1. The molecule has 0 saturated heterocycles. The summed E-state index contributed by atoms with van der Waals surface area (Å²) >= 11 is 0. The fourth-order valence-electron chi connectivity index (χ4n) is 1.55. The van der Waals surface area contributed by atoms with Crippen molar-refractivity contribution in [3.63, 3.8) is 0 Å². The smallest absolute Gasteiger partial charge is 0.148 e. The first kappa shape index (κ1) is 18.1. The van der Waals surface area contributed by atoms with Gasteiger partial charge in [0.05, 0.1) is 17.6 Å². The summed E-state index contributed by atoms with van der Waals surface area (Å²) in [6.45, 7) is 0.397. The summed E-state index contributed by atoms with van der Waals surface area (Å²) < 4.78 is 38.9. The van der Waals surface area contributed by atoms with Crippen LogP contribution in [0.5, 0.6) is 5.75 Å². The molecule has 21 heavy (non-hydrogen) atoms. The van der Waals surface area contributed by atoms with E-state index in [1.165, 1.54) is 0 Å². The molecule has 8 heteroatoms. The molecule has 1 rings (SSSR count). The molecule has 6 nitrogen and oxygen atoms in total. The number of benzene rings is 1. The van der Waals surface area contributed by atoms with Gasteiger partial charge in [-0.05, 0) is 17.7 Å². The van der Waals surface area contributed by atoms with E-state index in [1.807, 2.05) is 6.07 Å². The Hall–Kier alpha value is -0.960. The second-order valence-corrected chi connectivity index (χ2v) is 8.64. The van der Waals surface area contributed by atoms with E-state index in [4.69, 9.17) is 10.5 Å². The number of rotatable bonds is 9. The molecule has 0 amide bonds. The monoisotopic (exact) mass is 335 g/mol. The van der Waals surface area contributed by atoms with Gasteiger partial charge in [0, 0.05) is 29.4 Å². The van der Waals surface area contributed by atoms with Gasteiger partial charge in [0.2, 0.25) is 0 Å². The Morgan fingerprint density at radius 1 is 1.43 bits per heavy atom. The van der Waals surface area contributed by atoms with Crippen LogP contribution in [0.2, 0.25) is 0 Å². The molecule has 0 aliphatic rings. The van der Waals surface area contributed by atoms with Gasteiger partial charge in [-0.1, -0.05) is 12.1 Å². The molecule has 1 aromatic rings. The molecule has 0 aliphatic heterocycles. The van der Waals surface area contributed by atoms with Crippen LogP contribution in [-0.2, 0) is 27.2 Å². The van der Waals surface area contributed by atoms with Crippen LogP contribution >= 0.6 is 0 Å². The Morgan fingerprint density at radius 3 is 2.76 bits per heavy atom. The summed E-state index contributed by atoms with van der Waals surface area (Å²) in [6, 6.07) is 7.18. The first-order valence-corrected chi connectivity index (χ1v) is 9.97.